The molecule has 0 N–H and O–H groups in total. The van der Waals surface area contributed by atoms with Crippen molar-refractivity contribution in [2.24, 2.45) is 5.10 Å². The van der Waals surface area contributed by atoms with Gasteiger partial charge in [0.15, 0.2) is 0 Å². The Morgan fingerprint density at radius 1 is 1.21 bits per heavy atom. The number of nitrogens with zero attached hydrogens (tertiary/aromatic N) is 4. The molecule has 2 heterocycles. The van der Waals surface area contributed by atoms with Crippen LogP contribution in [0.2, 0.25) is 0 Å². The Kier molecular flexibility index (Phi) is 4.98. The van der Waals surface area contributed by atoms with Crippen LogP contribution in [0.25, 0.3) is 10.2 Å². The van der Waals surface area contributed by atoms with Crippen molar-refractivity contribution in [2.75, 3.05) is 5.01 Å². The summed E-state index contributed by atoms with van der Waals surface area (Å²) in [5.41, 5.74) is 2.91. The van der Waals surface area contributed by atoms with E-state index in [1.165, 1.54) is 27.7 Å². The summed E-state index contributed by atoms with van der Waals surface area (Å²) < 4.78 is 0.999. The fourth-order valence-corrected chi connectivity index (χ4v) is 4.19. The molecule has 4 aromatic rings. The van der Waals surface area contributed by atoms with Gasteiger partial charge in [-0.2, -0.15) is 15.4 Å². The summed E-state index contributed by atoms with van der Waals surface area (Å²) in [4.78, 5) is 18.7. The van der Waals surface area contributed by atoms with Crippen LogP contribution in [0.4, 0.5) is 5.13 Å². The van der Waals surface area contributed by atoms with E-state index in [0.29, 0.717) is 16.3 Å². The van der Waals surface area contributed by atoms with E-state index in [0.717, 1.165) is 20.7 Å². The zero-order chi connectivity index (χ0) is 19.5. The number of aromatic nitrogens is 1. The number of thiazole rings is 1. The van der Waals surface area contributed by atoms with Crippen LogP contribution in [0.5, 0.6) is 0 Å². The fourth-order valence-electron chi connectivity index (χ4n) is 2.59. The third kappa shape index (κ3) is 3.69. The molecular weight excluding hydrogens is 388 g/mol. The van der Waals surface area contributed by atoms with Crippen molar-refractivity contribution in [3.63, 3.8) is 0 Å². The molecule has 0 unspecified atom stereocenters. The number of hydrazone groups is 1. The van der Waals surface area contributed by atoms with E-state index in [1.807, 2.05) is 42.6 Å². The standard InChI is InChI=1S/C21H14N4OS2/c1-14-4-9-18-19(11-14)28-21(24-18)25(23-13-17-3-2-10-27-17)20(26)16-7-5-15(12-22)6-8-16/h2-11,13H,1H3/b23-13-. The highest BCUT2D eigenvalue weighted by molar-refractivity contribution is 7.22. The normalized spacial score (nSPS) is 11.0. The van der Waals surface area contributed by atoms with Gasteiger partial charge in [-0.15, -0.1) is 11.3 Å². The van der Waals surface area contributed by atoms with Crippen LogP contribution in [0.1, 0.15) is 26.4 Å². The van der Waals surface area contributed by atoms with Crippen LogP contribution in [0.15, 0.2) is 65.1 Å². The van der Waals surface area contributed by atoms with E-state index in [-0.39, 0.29) is 5.91 Å². The van der Waals surface area contributed by atoms with Crippen LogP contribution in [0, 0.1) is 18.3 Å². The van der Waals surface area contributed by atoms with E-state index in [4.69, 9.17) is 5.26 Å². The SMILES string of the molecule is Cc1ccc2nc(N(/N=C\c3cccs3)C(=O)c3ccc(C#N)cc3)sc2c1. The molecule has 5 nitrogen and oxygen atoms in total. The molecule has 0 aliphatic rings. The zero-order valence-electron chi connectivity index (χ0n) is 14.9. The van der Waals surface area contributed by atoms with Gasteiger partial charge in [-0.05, 0) is 60.3 Å². The van der Waals surface area contributed by atoms with Crippen molar-refractivity contribution in [2.45, 2.75) is 6.92 Å². The van der Waals surface area contributed by atoms with Crippen LogP contribution in [-0.4, -0.2) is 17.1 Å². The first-order valence-electron chi connectivity index (χ1n) is 8.43. The van der Waals surface area contributed by atoms with Gasteiger partial charge in [-0.1, -0.05) is 23.5 Å². The predicted molar refractivity (Wildman–Crippen MR) is 114 cm³/mol. The highest BCUT2D eigenvalue weighted by Gasteiger charge is 2.21. The minimum atomic E-state index is -0.298. The van der Waals surface area contributed by atoms with E-state index in [9.17, 15) is 4.79 Å². The first-order chi connectivity index (χ1) is 13.6. The summed E-state index contributed by atoms with van der Waals surface area (Å²) in [6, 6.07) is 18.4. The number of carbonyl (C=O) groups is 1. The molecule has 28 heavy (non-hydrogen) atoms. The molecule has 0 spiro atoms. The number of rotatable bonds is 4. The molecule has 0 aliphatic heterocycles. The number of fused-ring (bicyclic) bond motifs is 1. The van der Waals surface area contributed by atoms with Crippen molar-refractivity contribution >= 4 is 50.1 Å². The van der Waals surface area contributed by atoms with Crippen molar-refractivity contribution < 1.29 is 4.79 Å². The molecule has 0 fully saturated rings. The number of nitriles is 1. The molecule has 7 heteroatoms. The number of carbonyl (C=O) groups excluding carboxylic acids is 1. The maximum Gasteiger partial charge on any atom is 0.280 e. The number of thiophene rings is 1. The van der Waals surface area contributed by atoms with Crippen molar-refractivity contribution in [3.8, 4) is 6.07 Å². The van der Waals surface area contributed by atoms with Crippen LogP contribution < -0.4 is 5.01 Å². The molecule has 136 valence electrons. The molecule has 2 aromatic heterocycles. The first kappa shape index (κ1) is 18.0. The molecular formula is C21H14N4OS2. The lowest BCUT2D eigenvalue weighted by molar-refractivity contribution is 0.0988. The molecule has 4 rings (SSSR count). The third-order valence-electron chi connectivity index (χ3n) is 4.01. The lowest BCUT2D eigenvalue weighted by Gasteiger charge is -2.13. The monoisotopic (exact) mass is 402 g/mol. The Labute approximate surface area is 169 Å². The fraction of sp³-hybridized carbons (Fsp3) is 0.0476. The molecule has 1 amide bonds. The van der Waals surface area contributed by atoms with E-state index in [2.05, 4.69) is 16.2 Å². The number of hydrogen-bond donors (Lipinski definition) is 0. The Balaban J connectivity index is 1.75. The second-order valence-corrected chi connectivity index (χ2v) is 8.02. The molecule has 0 aliphatic carbocycles. The third-order valence-corrected chi connectivity index (χ3v) is 5.81. The van der Waals surface area contributed by atoms with Crippen molar-refractivity contribution in [1.82, 2.24) is 4.98 Å². The molecule has 0 saturated carbocycles. The number of hydrogen-bond acceptors (Lipinski definition) is 6. The summed E-state index contributed by atoms with van der Waals surface area (Å²) in [7, 11) is 0. The highest BCUT2D eigenvalue weighted by Crippen LogP contribution is 2.30. The second-order valence-electron chi connectivity index (χ2n) is 6.03. The first-order valence-corrected chi connectivity index (χ1v) is 10.1. The lowest BCUT2D eigenvalue weighted by Crippen LogP contribution is -2.25. The Morgan fingerprint density at radius 3 is 2.75 bits per heavy atom. The number of aryl methyl sites for hydroxylation is 1. The van der Waals surface area contributed by atoms with Crippen molar-refractivity contribution in [1.29, 1.82) is 5.26 Å². The lowest BCUT2D eigenvalue weighted by atomic mass is 10.1. The van der Waals surface area contributed by atoms with E-state index < -0.39 is 0 Å². The van der Waals surface area contributed by atoms with Crippen molar-refractivity contribution in [3.05, 3.63) is 81.5 Å². The Hall–Kier alpha value is -3.34. The van der Waals surface area contributed by atoms with Gasteiger partial charge in [-0.3, -0.25) is 4.79 Å². The van der Waals surface area contributed by atoms with Gasteiger partial charge in [0.1, 0.15) is 0 Å². The highest BCUT2D eigenvalue weighted by atomic mass is 32.1. The largest absolute Gasteiger partial charge is 0.280 e. The van der Waals surface area contributed by atoms with Gasteiger partial charge < -0.3 is 0 Å². The summed E-state index contributed by atoms with van der Waals surface area (Å²) in [5.74, 6) is -0.298. The predicted octanol–water partition coefficient (Wildman–Crippen LogP) is 5.22. The second kappa shape index (κ2) is 7.72. The smallest absolute Gasteiger partial charge is 0.267 e. The average Bonchev–Trinajstić information content (AvgIpc) is 3.37. The molecule has 0 radical (unpaired) electrons. The van der Waals surface area contributed by atoms with Gasteiger partial charge in [0, 0.05) is 10.4 Å². The van der Waals surface area contributed by atoms with Crippen LogP contribution in [-0.2, 0) is 0 Å². The van der Waals surface area contributed by atoms with Gasteiger partial charge in [-0.25, -0.2) is 4.98 Å². The summed E-state index contributed by atoms with van der Waals surface area (Å²) >= 11 is 2.96. The topological polar surface area (TPSA) is 69.3 Å². The molecule has 0 atom stereocenters. The maximum absolute atomic E-state index is 13.1. The summed E-state index contributed by atoms with van der Waals surface area (Å²) in [5, 5.41) is 17.2. The minimum absolute atomic E-state index is 0.298. The molecule has 2 aromatic carbocycles. The number of anilines is 1. The quantitative estimate of drug-likeness (QED) is 0.347. The minimum Gasteiger partial charge on any atom is -0.267 e. The number of amides is 1. The van der Waals surface area contributed by atoms with Gasteiger partial charge in [0.25, 0.3) is 5.91 Å². The van der Waals surface area contributed by atoms with Crippen LogP contribution in [0.3, 0.4) is 0 Å². The maximum atomic E-state index is 13.1. The Morgan fingerprint density at radius 2 is 2.04 bits per heavy atom. The molecule has 0 bridgehead atoms. The van der Waals surface area contributed by atoms with Crippen LogP contribution >= 0.6 is 22.7 Å². The van der Waals surface area contributed by atoms with E-state index >= 15 is 0 Å². The number of benzene rings is 2. The molecule has 0 saturated heterocycles. The Bertz CT molecular complexity index is 1200. The average molecular weight is 403 g/mol. The van der Waals surface area contributed by atoms with Gasteiger partial charge in [0.2, 0.25) is 5.13 Å². The van der Waals surface area contributed by atoms with Gasteiger partial charge in [0.05, 0.1) is 28.1 Å². The van der Waals surface area contributed by atoms with E-state index in [1.54, 1.807) is 30.5 Å². The van der Waals surface area contributed by atoms with Gasteiger partial charge >= 0.3 is 0 Å². The summed E-state index contributed by atoms with van der Waals surface area (Å²) in [6.45, 7) is 2.02. The summed E-state index contributed by atoms with van der Waals surface area (Å²) in [6.07, 6.45) is 1.66. The zero-order valence-corrected chi connectivity index (χ0v) is 16.5.